The molecule has 0 saturated carbocycles. The van der Waals surface area contributed by atoms with Crippen molar-refractivity contribution in [3.8, 4) is 5.75 Å². The first-order chi connectivity index (χ1) is 9.88. The lowest BCUT2D eigenvalue weighted by Gasteiger charge is -2.00. The van der Waals surface area contributed by atoms with Crippen molar-refractivity contribution in [2.45, 2.75) is 6.92 Å². The first-order valence-electron chi connectivity index (χ1n) is 5.87. The maximum Gasteiger partial charge on any atom is 0.357 e. The lowest BCUT2D eigenvalue weighted by molar-refractivity contribution is -0.386. The number of aryl methyl sites for hydroxylation is 1. The van der Waals surface area contributed by atoms with Crippen LogP contribution in [0.4, 0.5) is 5.69 Å². The van der Waals surface area contributed by atoms with Gasteiger partial charge in [0.25, 0.3) is 0 Å². The number of H-pyrrole nitrogens is 2. The van der Waals surface area contributed by atoms with E-state index in [2.05, 4.69) is 4.98 Å². The molecule has 3 N–H and O–H groups in total. The van der Waals surface area contributed by atoms with Crippen LogP contribution in [0.15, 0.2) is 27.8 Å². The zero-order valence-corrected chi connectivity index (χ0v) is 10.9. The fourth-order valence-electron chi connectivity index (χ4n) is 1.78. The maximum absolute atomic E-state index is 11.4. The zero-order chi connectivity index (χ0) is 15.6. The number of benzene rings is 1. The average Bonchev–Trinajstić information content (AvgIpc) is 2.38. The molecule has 8 nitrogen and oxygen atoms in total. The van der Waals surface area contributed by atoms with Gasteiger partial charge in [-0.15, -0.1) is 0 Å². The van der Waals surface area contributed by atoms with Crippen LogP contribution in [0.25, 0.3) is 12.2 Å². The van der Waals surface area contributed by atoms with E-state index in [1.807, 2.05) is 6.92 Å². The lowest BCUT2D eigenvalue weighted by atomic mass is 10.1. The van der Waals surface area contributed by atoms with Crippen LogP contribution in [0.5, 0.6) is 5.75 Å². The van der Waals surface area contributed by atoms with Crippen molar-refractivity contribution in [2.24, 2.45) is 0 Å². The molecule has 0 spiro atoms. The minimum Gasteiger partial charge on any atom is -0.507 e. The smallest absolute Gasteiger partial charge is 0.357 e. The number of phenolic OH excluding ortho intramolecular Hbond substituents is 1. The molecule has 108 valence electrons. The van der Waals surface area contributed by atoms with Gasteiger partial charge in [0.05, 0.1) is 4.92 Å². The van der Waals surface area contributed by atoms with Gasteiger partial charge >= 0.3 is 16.9 Å². The quantitative estimate of drug-likeness (QED) is 0.576. The van der Waals surface area contributed by atoms with Crippen LogP contribution < -0.4 is 11.2 Å². The van der Waals surface area contributed by atoms with Gasteiger partial charge in [0.15, 0.2) is 0 Å². The van der Waals surface area contributed by atoms with Crippen molar-refractivity contribution in [3.63, 3.8) is 0 Å². The average molecular weight is 289 g/mol. The lowest BCUT2D eigenvalue weighted by Crippen LogP contribution is -2.25. The molecule has 2 rings (SSSR count). The number of nitro groups is 1. The van der Waals surface area contributed by atoms with Crippen molar-refractivity contribution in [2.75, 3.05) is 0 Å². The van der Waals surface area contributed by atoms with Gasteiger partial charge in [0, 0.05) is 5.56 Å². The number of phenols is 1. The second kappa shape index (κ2) is 5.45. The highest BCUT2D eigenvalue weighted by Gasteiger charge is 2.18. The highest BCUT2D eigenvalue weighted by molar-refractivity contribution is 5.74. The molecule has 8 heteroatoms. The summed E-state index contributed by atoms with van der Waals surface area (Å²) in [6, 6.07) is 4.83. The predicted octanol–water partition coefficient (Wildman–Crippen LogP) is 1.16. The van der Waals surface area contributed by atoms with E-state index in [4.69, 9.17) is 0 Å². The van der Waals surface area contributed by atoms with Gasteiger partial charge in [-0.2, -0.15) is 0 Å². The second-order valence-electron chi connectivity index (χ2n) is 4.32. The molecule has 0 atom stereocenters. The molecule has 0 radical (unpaired) electrons. The SMILES string of the molecule is Cc1ccc(O)c(/C=C/c2[nH]c(=O)[nH]c(=O)c2[N+](=O)[O-])c1. The molecule has 2 aromatic rings. The number of hydrogen-bond donors (Lipinski definition) is 3. The number of aromatic hydroxyl groups is 1. The molecule has 21 heavy (non-hydrogen) atoms. The van der Waals surface area contributed by atoms with Gasteiger partial charge in [-0.25, -0.2) is 4.79 Å². The molecule has 0 fully saturated rings. The van der Waals surface area contributed by atoms with Gasteiger partial charge in [-0.1, -0.05) is 11.6 Å². The van der Waals surface area contributed by atoms with Gasteiger partial charge in [0.1, 0.15) is 11.4 Å². The monoisotopic (exact) mass is 289 g/mol. The Labute approximate surface area is 117 Å². The van der Waals surface area contributed by atoms with E-state index in [1.54, 1.807) is 17.1 Å². The fourth-order valence-corrected chi connectivity index (χ4v) is 1.78. The summed E-state index contributed by atoms with van der Waals surface area (Å²) >= 11 is 0. The third-order valence-corrected chi connectivity index (χ3v) is 2.74. The molecule has 0 aliphatic rings. The van der Waals surface area contributed by atoms with Crippen molar-refractivity contribution in [1.82, 2.24) is 9.97 Å². The predicted molar refractivity (Wildman–Crippen MR) is 76.1 cm³/mol. The van der Waals surface area contributed by atoms with Crippen LogP contribution in [-0.2, 0) is 0 Å². The number of aromatic amines is 2. The number of rotatable bonds is 3. The van der Waals surface area contributed by atoms with Crippen LogP contribution in [0.2, 0.25) is 0 Å². The Hall–Kier alpha value is -3.16. The Morgan fingerprint density at radius 2 is 1.95 bits per heavy atom. The third-order valence-electron chi connectivity index (χ3n) is 2.74. The molecule has 0 amide bonds. The Morgan fingerprint density at radius 3 is 2.62 bits per heavy atom. The Bertz CT molecular complexity index is 848. The number of nitrogens with one attached hydrogen (secondary N) is 2. The van der Waals surface area contributed by atoms with E-state index < -0.39 is 21.9 Å². The summed E-state index contributed by atoms with van der Waals surface area (Å²) in [5, 5.41) is 20.5. The summed E-state index contributed by atoms with van der Waals surface area (Å²) < 4.78 is 0. The molecule has 0 bridgehead atoms. The second-order valence-corrected chi connectivity index (χ2v) is 4.32. The van der Waals surface area contributed by atoms with E-state index in [9.17, 15) is 24.8 Å². The highest BCUT2D eigenvalue weighted by Crippen LogP contribution is 2.21. The topological polar surface area (TPSA) is 129 Å². The first-order valence-corrected chi connectivity index (χ1v) is 5.87. The summed E-state index contributed by atoms with van der Waals surface area (Å²) in [4.78, 5) is 36.6. The van der Waals surface area contributed by atoms with Crippen molar-refractivity contribution in [3.05, 3.63) is 66.0 Å². The van der Waals surface area contributed by atoms with E-state index in [1.165, 1.54) is 18.2 Å². The summed E-state index contributed by atoms with van der Waals surface area (Å²) in [6.07, 6.45) is 2.57. The maximum atomic E-state index is 11.4. The molecule has 0 aliphatic carbocycles. The zero-order valence-electron chi connectivity index (χ0n) is 10.9. The first kappa shape index (κ1) is 14.3. The van der Waals surface area contributed by atoms with Gasteiger partial charge in [-0.05, 0) is 31.2 Å². The summed E-state index contributed by atoms with van der Waals surface area (Å²) in [6.45, 7) is 1.81. The molecule has 0 saturated heterocycles. The van der Waals surface area contributed by atoms with E-state index in [-0.39, 0.29) is 11.4 Å². The Kier molecular flexibility index (Phi) is 3.70. The highest BCUT2D eigenvalue weighted by atomic mass is 16.6. The number of hydrogen-bond acceptors (Lipinski definition) is 5. The molecule has 0 aliphatic heterocycles. The molecular weight excluding hydrogens is 278 g/mol. The van der Waals surface area contributed by atoms with Crippen LogP contribution in [-0.4, -0.2) is 20.0 Å². The molecule has 1 aromatic carbocycles. The summed E-state index contributed by atoms with van der Waals surface area (Å²) in [5.41, 5.74) is -1.66. The summed E-state index contributed by atoms with van der Waals surface area (Å²) in [5.74, 6) is -0.0216. The van der Waals surface area contributed by atoms with E-state index in [0.29, 0.717) is 5.56 Å². The van der Waals surface area contributed by atoms with E-state index >= 15 is 0 Å². The standard InChI is InChI=1S/C13H11N3O5/c1-7-2-5-10(17)8(6-7)3-4-9-11(16(20)21)12(18)15-13(19)14-9/h2-6,17H,1H3,(H2,14,15,18,19)/b4-3+. The van der Waals surface area contributed by atoms with Crippen molar-refractivity contribution < 1.29 is 10.0 Å². The fraction of sp³-hybridized carbons (Fsp3) is 0.0769. The molecule has 1 aromatic heterocycles. The number of aromatic nitrogens is 2. The summed E-state index contributed by atoms with van der Waals surface area (Å²) in [7, 11) is 0. The third kappa shape index (κ3) is 3.06. The Morgan fingerprint density at radius 1 is 1.24 bits per heavy atom. The molecule has 1 heterocycles. The minimum absolute atomic E-state index is 0.0216. The largest absolute Gasteiger partial charge is 0.507 e. The van der Waals surface area contributed by atoms with Crippen molar-refractivity contribution in [1.29, 1.82) is 0 Å². The van der Waals surface area contributed by atoms with E-state index in [0.717, 1.165) is 5.56 Å². The number of nitrogens with zero attached hydrogens (tertiary/aromatic N) is 1. The van der Waals surface area contributed by atoms with Crippen LogP contribution in [0.1, 0.15) is 16.8 Å². The minimum atomic E-state index is -1.09. The Balaban J connectivity index is 2.55. The van der Waals surface area contributed by atoms with Crippen LogP contribution in [0, 0.1) is 17.0 Å². The van der Waals surface area contributed by atoms with Crippen LogP contribution >= 0.6 is 0 Å². The van der Waals surface area contributed by atoms with Crippen LogP contribution in [0.3, 0.4) is 0 Å². The van der Waals surface area contributed by atoms with Gasteiger partial charge in [0.2, 0.25) is 0 Å². The van der Waals surface area contributed by atoms with Gasteiger partial charge in [-0.3, -0.25) is 19.9 Å². The molecule has 0 unspecified atom stereocenters. The van der Waals surface area contributed by atoms with Gasteiger partial charge < -0.3 is 10.1 Å². The van der Waals surface area contributed by atoms with Crippen molar-refractivity contribution >= 4 is 17.8 Å². The molecular formula is C13H11N3O5. The normalized spacial score (nSPS) is 10.9.